The largest absolute Gasteiger partial charge is 0.534 e. The second-order valence-corrected chi connectivity index (χ2v) is 9.77. The Hall–Kier alpha value is -2.20. The first-order valence-electron chi connectivity index (χ1n) is 11.6. The lowest BCUT2D eigenvalue weighted by Crippen LogP contribution is -2.48. The number of carbonyl (C=O) groups excluding carboxylic acids is 4. The molecular formula is C23H37NO9. The minimum atomic E-state index is -1.12. The molecule has 33 heavy (non-hydrogen) atoms. The van der Waals surface area contributed by atoms with Crippen LogP contribution in [0.1, 0.15) is 73.6 Å². The van der Waals surface area contributed by atoms with Crippen molar-refractivity contribution in [3.8, 4) is 0 Å². The first kappa shape index (κ1) is 27.0. The summed E-state index contributed by atoms with van der Waals surface area (Å²) in [5.41, 5.74) is -0.491. The SMILES string of the molecule is CC1C(COC(=O)ON2C(=O)CCC2=O)OC(OCCCCC(=O)OC(C)(C)C)C(C)C1C. The molecule has 5 unspecified atom stereocenters. The van der Waals surface area contributed by atoms with Crippen LogP contribution in [-0.4, -0.2) is 60.2 Å². The fourth-order valence-electron chi connectivity index (χ4n) is 3.74. The number of nitrogens with zero attached hydrogens (tertiary/aromatic N) is 1. The van der Waals surface area contributed by atoms with Gasteiger partial charge in [-0.25, -0.2) is 4.79 Å². The van der Waals surface area contributed by atoms with Crippen LogP contribution in [0.4, 0.5) is 4.79 Å². The number of ether oxygens (including phenoxy) is 4. The van der Waals surface area contributed by atoms with Gasteiger partial charge in [-0.3, -0.25) is 19.2 Å². The Morgan fingerprint density at radius 3 is 2.24 bits per heavy atom. The second kappa shape index (κ2) is 11.8. The van der Waals surface area contributed by atoms with Gasteiger partial charge in [-0.05, 0) is 45.4 Å². The zero-order chi connectivity index (χ0) is 24.8. The van der Waals surface area contributed by atoms with Crippen molar-refractivity contribution < 1.29 is 43.0 Å². The Kier molecular flexibility index (Phi) is 9.66. The van der Waals surface area contributed by atoms with Gasteiger partial charge in [-0.2, -0.15) is 0 Å². The van der Waals surface area contributed by atoms with Crippen molar-refractivity contribution in [3.05, 3.63) is 0 Å². The van der Waals surface area contributed by atoms with E-state index in [0.29, 0.717) is 30.9 Å². The lowest BCUT2D eigenvalue weighted by atomic mass is 9.79. The minimum absolute atomic E-state index is 0.0150. The predicted octanol–water partition coefficient (Wildman–Crippen LogP) is 3.37. The lowest BCUT2D eigenvalue weighted by Gasteiger charge is -2.43. The molecule has 2 aliphatic rings. The van der Waals surface area contributed by atoms with Crippen molar-refractivity contribution in [2.75, 3.05) is 13.2 Å². The number of imide groups is 1. The molecule has 0 aromatic rings. The van der Waals surface area contributed by atoms with Crippen molar-refractivity contribution in [1.29, 1.82) is 0 Å². The summed E-state index contributed by atoms with van der Waals surface area (Å²) >= 11 is 0. The van der Waals surface area contributed by atoms with E-state index in [0.717, 1.165) is 0 Å². The van der Waals surface area contributed by atoms with Crippen molar-refractivity contribution in [2.45, 2.75) is 91.6 Å². The molecule has 2 aliphatic heterocycles. The van der Waals surface area contributed by atoms with Crippen molar-refractivity contribution >= 4 is 23.9 Å². The highest BCUT2D eigenvalue weighted by atomic mass is 16.8. The molecule has 0 bridgehead atoms. The molecule has 2 rings (SSSR count). The molecule has 2 heterocycles. The highest BCUT2D eigenvalue weighted by molar-refractivity contribution is 6.01. The molecule has 5 atom stereocenters. The topological polar surface area (TPSA) is 118 Å². The maximum absolute atomic E-state index is 11.9. The number of rotatable bonds is 9. The molecule has 0 spiro atoms. The van der Waals surface area contributed by atoms with Gasteiger partial charge in [0.2, 0.25) is 0 Å². The molecule has 0 aliphatic carbocycles. The van der Waals surface area contributed by atoms with E-state index in [-0.39, 0.29) is 43.2 Å². The van der Waals surface area contributed by atoms with Crippen LogP contribution in [0.25, 0.3) is 0 Å². The number of hydrogen-bond acceptors (Lipinski definition) is 9. The van der Waals surface area contributed by atoms with E-state index in [4.69, 9.17) is 23.8 Å². The van der Waals surface area contributed by atoms with E-state index < -0.39 is 36.0 Å². The molecule has 10 nitrogen and oxygen atoms in total. The van der Waals surface area contributed by atoms with Crippen LogP contribution in [0.5, 0.6) is 0 Å². The lowest BCUT2D eigenvalue weighted by molar-refractivity contribution is -0.255. The van der Waals surface area contributed by atoms with Crippen LogP contribution >= 0.6 is 0 Å². The fraction of sp³-hybridized carbons (Fsp3) is 0.826. The smallest absolute Gasteiger partial charge is 0.460 e. The van der Waals surface area contributed by atoms with Crippen molar-refractivity contribution in [2.24, 2.45) is 17.8 Å². The third-order valence-electron chi connectivity index (χ3n) is 6.00. The van der Waals surface area contributed by atoms with Crippen LogP contribution in [-0.2, 0) is 38.2 Å². The number of hydrogen-bond donors (Lipinski definition) is 0. The van der Waals surface area contributed by atoms with Crippen LogP contribution in [0.2, 0.25) is 0 Å². The van der Waals surface area contributed by atoms with Gasteiger partial charge in [-0.15, -0.1) is 0 Å². The highest BCUT2D eigenvalue weighted by Gasteiger charge is 2.40. The molecule has 0 N–H and O–H groups in total. The minimum Gasteiger partial charge on any atom is -0.460 e. The number of hydroxylamine groups is 2. The molecule has 2 saturated heterocycles. The summed E-state index contributed by atoms with van der Waals surface area (Å²) < 4.78 is 22.4. The van der Waals surface area contributed by atoms with E-state index in [1.807, 2.05) is 34.6 Å². The Labute approximate surface area is 195 Å². The second-order valence-electron chi connectivity index (χ2n) is 9.77. The quantitative estimate of drug-likeness (QED) is 0.283. The Bertz CT molecular complexity index is 701. The average Bonchev–Trinajstić information content (AvgIpc) is 3.03. The Balaban J connectivity index is 1.75. The van der Waals surface area contributed by atoms with Gasteiger partial charge < -0.3 is 18.9 Å². The zero-order valence-corrected chi connectivity index (χ0v) is 20.5. The van der Waals surface area contributed by atoms with E-state index in [1.54, 1.807) is 0 Å². The van der Waals surface area contributed by atoms with Crippen molar-refractivity contribution in [1.82, 2.24) is 5.06 Å². The normalized spacial score (nSPS) is 28.1. The number of amides is 2. The summed E-state index contributed by atoms with van der Waals surface area (Å²) in [6.45, 7) is 12.0. The van der Waals surface area contributed by atoms with E-state index >= 15 is 0 Å². The van der Waals surface area contributed by atoms with E-state index in [1.165, 1.54) is 0 Å². The number of carbonyl (C=O) groups is 4. The molecule has 2 fully saturated rings. The van der Waals surface area contributed by atoms with Gasteiger partial charge in [0, 0.05) is 31.8 Å². The van der Waals surface area contributed by atoms with E-state index in [9.17, 15) is 19.2 Å². The highest BCUT2D eigenvalue weighted by Crippen LogP contribution is 2.35. The predicted molar refractivity (Wildman–Crippen MR) is 115 cm³/mol. The number of unbranched alkanes of at least 4 members (excludes halogenated alkanes) is 1. The Morgan fingerprint density at radius 1 is 1.00 bits per heavy atom. The molecule has 2 amide bonds. The molecule has 0 aromatic carbocycles. The average molecular weight is 472 g/mol. The summed E-state index contributed by atoms with van der Waals surface area (Å²) in [5.74, 6) is -0.932. The third kappa shape index (κ3) is 8.26. The first-order chi connectivity index (χ1) is 15.4. The summed E-state index contributed by atoms with van der Waals surface area (Å²) in [4.78, 5) is 51.6. The first-order valence-corrected chi connectivity index (χ1v) is 11.6. The monoisotopic (exact) mass is 471 g/mol. The molecule has 10 heteroatoms. The van der Waals surface area contributed by atoms with E-state index in [2.05, 4.69) is 6.92 Å². The maximum atomic E-state index is 11.9. The van der Waals surface area contributed by atoms with Gasteiger partial charge >= 0.3 is 12.1 Å². The van der Waals surface area contributed by atoms with Crippen LogP contribution in [0, 0.1) is 17.8 Å². The van der Waals surface area contributed by atoms with Crippen molar-refractivity contribution in [3.63, 3.8) is 0 Å². The van der Waals surface area contributed by atoms with Gasteiger partial charge in [-0.1, -0.05) is 25.8 Å². The van der Waals surface area contributed by atoms with Gasteiger partial charge in [0.05, 0.1) is 6.10 Å². The van der Waals surface area contributed by atoms with Crippen LogP contribution < -0.4 is 0 Å². The summed E-state index contributed by atoms with van der Waals surface area (Å²) in [6.07, 6.45) is -0.349. The molecule has 0 aromatic heterocycles. The summed E-state index contributed by atoms with van der Waals surface area (Å²) in [5, 5.41) is 0.446. The zero-order valence-electron chi connectivity index (χ0n) is 20.5. The third-order valence-corrected chi connectivity index (χ3v) is 6.00. The summed E-state index contributed by atoms with van der Waals surface area (Å²) in [6, 6.07) is 0. The molecule has 0 saturated carbocycles. The molecule has 188 valence electrons. The van der Waals surface area contributed by atoms with Crippen LogP contribution in [0.15, 0.2) is 0 Å². The standard InChI is InChI=1S/C23H37NO9/c1-14-15(2)17(13-30-22(28)33-24-18(25)10-11-19(24)26)31-21(16(14)3)29-12-8-7-9-20(27)32-23(4,5)6/h14-17,21H,7-13H2,1-6H3. The summed E-state index contributed by atoms with van der Waals surface area (Å²) in [7, 11) is 0. The Morgan fingerprint density at radius 2 is 1.64 bits per heavy atom. The van der Waals surface area contributed by atoms with Gasteiger partial charge in [0.1, 0.15) is 12.2 Å². The molecule has 0 radical (unpaired) electrons. The van der Waals surface area contributed by atoms with Gasteiger partial charge in [0.15, 0.2) is 6.29 Å². The van der Waals surface area contributed by atoms with Gasteiger partial charge in [0.25, 0.3) is 11.8 Å². The molecular weight excluding hydrogens is 434 g/mol. The number of esters is 1. The maximum Gasteiger partial charge on any atom is 0.534 e. The fourth-order valence-corrected chi connectivity index (χ4v) is 3.74. The van der Waals surface area contributed by atoms with Crippen LogP contribution in [0.3, 0.4) is 0 Å².